The van der Waals surface area contributed by atoms with Crippen LogP contribution in [0.2, 0.25) is 5.15 Å². The third-order valence-corrected chi connectivity index (χ3v) is 2.47. The van der Waals surface area contributed by atoms with Crippen molar-refractivity contribution >= 4 is 24.0 Å². The Kier molecular flexibility index (Phi) is 3.54. The summed E-state index contributed by atoms with van der Waals surface area (Å²) in [5.74, 6) is 0.670. The van der Waals surface area contributed by atoms with Crippen molar-refractivity contribution in [3.8, 4) is 0 Å². The fourth-order valence-corrected chi connectivity index (χ4v) is 1.53. The van der Waals surface area contributed by atoms with E-state index in [1.165, 1.54) is 12.8 Å². The number of aromatic nitrogens is 1. The Balaban J connectivity index is 0.000000845. The molecule has 0 bridgehead atoms. The summed E-state index contributed by atoms with van der Waals surface area (Å²) in [6, 6.07) is 3.95. The van der Waals surface area contributed by atoms with Crippen molar-refractivity contribution in [3.63, 3.8) is 0 Å². The molecule has 1 saturated carbocycles. The van der Waals surface area contributed by atoms with Crippen LogP contribution in [0, 0.1) is 5.92 Å². The smallest absolute Gasteiger partial charge is 0.129 e. The number of pyridine rings is 1. The van der Waals surface area contributed by atoms with E-state index < -0.39 is 0 Å². The molecule has 1 aliphatic carbocycles. The lowest BCUT2D eigenvalue weighted by Crippen LogP contribution is -2.12. The summed E-state index contributed by atoms with van der Waals surface area (Å²) in [6.07, 6.45) is 4.21. The van der Waals surface area contributed by atoms with E-state index in [-0.39, 0.29) is 18.4 Å². The zero-order valence-electron chi connectivity index (χ0n) is 7.11. The van der Waals surface area contributed by atoms with Crippen LogP contribution in [0.4, 0.5) is 0 Å². The SMILES string of the molecule is Cl.NC(c1ccnc(Cl)c1)C1CC1. The monoisotopic (exact) mass is 218 g/mol. The summed E-state index contributed by atoms with van der Waals surface area (Å²) in [6.45, 7) is 0. The summed E-state index contributed by atoms with van der Waals surface area (Å²) in [5, 5.41) is 0.531. The van der Waals surface area contributed by atoms with Gasteiger partial charge in [0.05, 0.1) is 0 Å². The summed E-state index contributed by atoms with van der Waals surface area (Å²) in [7, 11) is 0. The molecule has 0 aromatic carbocycles. The van der Waals surface area contributed by atoms with Gasteiger partial charge in [0.15, 0.2) is 0 Å². The number of nitrogens with two attached hydrogens (primary N) is 1. The zero-order valence-corrected chi connectivity index (χ0v) is 8.68. The van der Waals surface area contributed by atoms with E-state index in [9.17, 15) is 0 Å². The minimum Gasteiger partial charge on any atom is -0.324 e. The van der Waals surface area contributed by atoms with Gasteiger partial charge in [0, 0.05) is 12.2 Å². The van der Waals surface area contributed by atoms with Crippen LogP contribution in [0.25, 0.3) is 0 Å². The molecule has 1 atom stereocenters. The number of halogens is 2. The van der Waals surface area contributed by atoms with Gasteiger partial charge in [-0.1, -0.05) is 11.6 Å². The Bertz CT molecular complexity index is 287. The fourth-order valence-electron chi connectivity index (χ4n) is 1.35. The molecule has 0 amide bonds. The Morgan fingerprint density at radius 1 is 1.54 bits per heavy atom. The summed E-state index contributed by atoms with van der Waals surface area (Å²) >= 11 is 5.75. The predicted octanol–water partition coefficient (Wildman–Crippen LogP) is 2.57. The van der Waals surface area contributed by atoms with Crippen molar-refractivity contribution < 1.29 is 0 Å². The molecule has 2 nitrogen and oxygen atoms in total. The van der Waals surface area contributed by atoms with Crippen LogP contribution in [-0.4, -0.2) is 4.98 Å². The summed E-state index contributed by atoms with van der Waals surface area (Å²) in [5.41, 5.74) is 7.09. The second-order valence-corrected chi connectivity index (χ2v) is 3.66. The molecule has 2 N–H and O–H groups in total. The second-order valence-electron chi connectivity index (χ2n) is 3.28. The Hall–Kier alpha value is -0.310. The topological polar surface area (TPSA) is 38.9 Å². The molecule has 0 radical (unpaired) electrons. The summed E-state index contributed by atoms with van der Waals surface area (Å²) in [4.78, 5) is 3.91. The minimum atomic E-state index is 0. The third kappa shape index (κ3) is 2.56. The molecule has 1 aromatic heterocycles. The van der Waals surface area contributed by atoms with Crippen molar-refractivity contribution in [2.24, 2.45) is 11.7 Å². The highest BCUT2D eigenvalue weighted by molar-refractivity contribution is 6.29. The maximum absolute atomic E-state index is 5.98. The first-order valence-electron chi connectivity index (χ1n) is 4.14. The van der Waals surface area contributed by atoms with Crippen LogP contribution in [0.3, 0.4) is 0 Å². The van der Waals surface area contributed by atoms with E-state index in [0.717, 1.165) is 5.56 Å². The van der Waals surface area contributed by atoms with E-state index in [2.05, 4.69) is 4.98 Å². The van der Waals surface area contributed by atoms with Gasteiger partial charge in [-0.2, -0.15) is 0 Å². The summed E-state index contributed by atoms with van der Waals surface area (Å²) < 4.78 is 0. The average molecular weight is 219 g/mol. The number of hydrogen-bond donors (Lipinski definition) is 1. The predicted molar refractivity (Wildman–Crippen MR) is 56.1 cm³/mol. The molecule has 72 valence electrons. The van der Waals surface area contributed by atoms with Crippen LogP contribution in [0.1, 0.15) is 24.4 Å². The van der Waals surface area contributed by atoms with Crippen LogP contribution < -0.4 is 5.73 Å². The van der Waals surface area contributed by atoms with E-state index in [1.54, 1.807) is 6.20 Å². The van der Waals surface area contributed by atoms with Gasteiger partial charge in [0.1, 0.15) is 5.15 Å². The fraction of sp³-hybridized carbons (Fsp3) is 0.444. The molecular weight excluding hydrogens is 207 g/mol. The standard InChI is InChI=1S/C9H11ClN2.ClH/c10-8-5-7(3-4-12-8)9(11)6-1-2-6;/h3-6,9H,1-2,11H2;1H. The van der Waals surface area contributed by atoms with E-state index in [1.807, 2.05) is 12.1 Å². The van der Waals surface area contributed by atoms with Crippen molar-refractivity contribution in [2.45, 2.75) is 18.9 Å². The van der Waals surface area contributed by atoms with Crippen LogP contribution in [0.5, 0.6) is 0 Å². The van der Waals surface area contributed by atoms with Crippen molar-refractivity contribution in [3.05, 3.63) is 29.0 Å². The Labute approximate surface area is 88.9 Å². The van der Waals surface area contributed by atoms with Gasteiger partial charge in [-0.25, -0.2) is 4.98 Å². The first-order chi connectivity index (χ1) is 5.77. The van der Waals surface area contributed by atoms with Gasteiger partial charge in [-0.05, 0) is 36.5 Å². The van der Waals surface area contributed by atoms with Crippen molar-refractivity contribution in [1.29, 1.82) is 0 Å². The molecule has 0 spiro atoms. The van der Waals surface area contributed by atoms with Gasteiger partial charge in [-0.15, -0.1) is 12.4 Å². The molecule has 13 heavy (non-hydrogen) atoms. The lowest BCUT2D eigenvalue weighted by molar-refractivity contribution is 0.632. The van der Waals surface area contributed by atoms with Crippen LogP contribution in [-0.2, 0) is 0 Å². The molecule has 0 saturated heterocycles. The quantitative estimate of drug-likeness (QED) is 0.776. The number of hydrogen-bond acceptors (Lipinski definition) is 2. The average Bonchev–Trinajstić information content (AvgIpc) is 2.85. The largest absolute Gasteiger partial charge is 0.324 e. The van der Waals surface area contributed by atoms with Crippen molar-refractivity contribution in [2.75, 3.05) is 0 Å². The lowest BCUT2D eigenvalue weighted by atomic mass is 10.1. The molecule has 2 rings (SSSR count). The minimum absolute atomic E-state index is 0. The highest BCUT2D eigenvalue weighted by Gasteiger charge is 2.29. The first-order valence-corrected chi connectivity index (χ1v) is 4.52. The lowest BCUT2D eigenvalue weighted by Gasteiger charge is -2.09. The highest BCUT2D eigenvalue weighted by Crippen LogP contribution is 2.39. The van der Waals surface area contributed by atoms with Gasteiger partial charge in [-0.3, -0.25) is 0 Å². The van der Waals surface area contributed by atoms with E-state index in [0.29, 0.717) is 11.1 Å². The maximum Gasteiger partial charge on any atom is 0.129 e. The molecule has 1 aromatic rings. The molecule has 1 aliphatic rings. The zero-order chi connectivity index (χ0) is 8.55. The maximum atomic E-state index is 5.98. The molecular formula is C9H12Cl2N2. The third-order valence-electron chi connectivity index (χ3n) is 2.27. The molecule has 1 unspecified atom stereocenters. The Morgan fingerprint density at radius 2 is 2.23 bits per heavy atom. The number of rotatable bonds is 2. The van der Waals surface area contributed by atoms with E-state index >= 15 is 0 Å². The van der Waals surface area contributed by atoms with E-state index in [4.69, 9.17) is 17.3 Å². The van der Waals surface area contributed by atoms with Gasteiger partial charge < -0.3 is 5.73 Å². The van der Waals surface area contributed by atoms with Gasteiger partial charge in [0.2, 0.25) is 0 Å². The van der Waals surface area contributed by atoms with Crippen molar-refractivity contribution in [1.82, 2.24) is 4.98 Å². The molecule has 0 aliphatic heterocycles. The van der Waals surface area contributed by atoms with Gasteiger partial charge in [0.25, 0.3) is 0 Å². The molecule has 4 heteroatoms. The van der Waals surface area contributed by atoms with Gasteiger partial charge >= 0.3 is 0 Å². The Morgan fingerprint density at radius 3 is 2.77 bits per heavy atom. The van der Waals surface area contributed by atoms with Crippen LogP contribution in [0.15, 0.2) is 18.3 Å². The van der Waals surface area contributed by atoms with Crippen LogP contribution >= 0.6 is 24.0 Å². The highest BCUT2D eigenvalue weighted by atomic mass is 35.5. The number of nitrogens with zero attached hydrogens (tertiary/aromatic N) is 1. The normalized spacial score (nSPS) is 17.7. The molecule has 1 fully saturated rings. The molecule has 1 heterocycles. The second kappa shape index (κ2) is 4.27. The first kappa shape index (κ1) is 10.8.